The Kier molecular flexibility index (Phi) is 4.17. The van der Waals surface area contributed by atoms with E-state index in [4.69, 9.17) is 23.2 Å². The molecule has 1 aliphatic carbocycles. The van der Waals surface area contributed by atoms with Crippen LogP contribution in [0.4, 0.5) is 4.39 Å². The van der Waals surface area contributed by atoms with Crippen LogP contribution < -0.4 is 5.32 Å². The molecule has 1 aliphatic rings. The number of phenolic OH excluding ortho intramolecular Hbond substituents is 1. The lowest BCUT2D eigenvalue weighted by molar-refractivity contribution is -0.121. The van der Waals surface area contributed by atoms with Gasteiger partial charge in [0.15, 0.2) is 0 Å². The zero-order valence-corrected chi connectivity index (χ0v) is 13.5. The molecule has 1 heterocycles. The fourth-order valence-electron chi connectivity index (χ4n) is 2.50. The van der Waals surface area contributed by atoms with Gasteiger partial charge in [-0.15, -0.1) is 0 Å². The van der Waals surface area contributed by atoms with Crippen LogP contribution in [-0.2, 0) is 16.8 Å². The topological polar surface area (TPSA) is 62.2 Å². The number of aromatic hydroxyl groups is 1. The van der Waals surface area contributed by atoms with Crippen LogP contribution in [0.1, 0.15) is 24.1 Å². The van der Waals surface area contributed by atoms with Gasteiger partial charge in [0.25, 0.3) is 0 Å². The number of phenols is 1. The summed E-state index contributed by atoms with van der Waals surface area (Å²) in [5, 5.41) is 12.8. The highest BCUT2D eigenvalue weighted by Gasteiger charge is 2.48. The summed E-state index contributed by atoms with van der Waals surface area (Å²) >= 11 is 12.0. The molecule has 1 saturated carbocycles. The van der Waals surface area contributed by atoms with Crippen molar-refractivity contribution in [2.24, 2.45) is 0 Å². The third-order valence-corrected chi connectivity index (χ3v) is 4.62. The summed E-state index contributed by atoms with van der Waals surface area (Å²) in [7, 11) is 0. The van der Waals surface area contributed by atoms with Gasteiger partial charge in [-0.3, -0.25) is 9.78 Å². The Balaban J connectivity index is 1.79. The van der Waals surface area contributed by atoms with Crippen LogP contribution in [0.25, 0.3) is 0 Å². The van der Waals surface area contributed by atoms with Gasteiger partial charge in [-0.05, 0) is 37.1 Å². The number of hydrogen-bond acceptors (Lipinski definition) is 3. The molecule has 0 spiro atoms. The number of nitrogens with zero attached hydrogens (tertiary/aromatic N) is 1. The third-order valence-electron chi connectivity index (χ3n) is 3.84. The van der Waals surface area contributed by atoms with Crippen LogP contribution in [-0.4, -0.2) is 16.0 Å². The Hall–Kier alpha value is -1.85. The van der Waals surface area contributed by atoms with Crippen molar-refractivity contribution in [1.29, 1.82) is 0 Å². The first kappa shape index (κ1) is 16.0. The predicted molar refractivity (Wildman–Crippen MR) is 85.1 cm³/mol. The minimum absolute atomic E-state index is 0.0431. The van der Waals surface area contributed by atoms with Gasteiger partial charge in [0.05, 0.1) is 17.0 Å². The molecule has 1 amide bonds. The lowest BCUT2D eigenvalue weighted by atomic mass is 10.1. The zero-order chi connectivity index (χ0) is 16.6. The molecule has 0 aliphatic heterocycles. The van der Waals surface area contributed by atoms with E-state index in [0.29, 0.717) is 18.4 Å². The van der Waals surface area contributed by atoms with Gasteiger partial charge in [0, 0.05) is 16.8 Å². The lowest BCUT2D eigenvalue weighted by Gasteiger charge is -2.18. The molecule has 0 unspecified atom stereocenters. The normalized spacial score (nSPS) is 15.3. The van der Waals surface area contributed by atoms with Crippen LogP contribution in [0.15, 0.2) is 30.5 Å². The predicted octanol–water partition coefficient (Wildman–Crippen LogP) is 3.58. The number of amides is 1. The van der Waals surface area contributed by atoms with Crippen molar-refractivity contribution >= 4 is 29.1 Å². The van der Waals surface area contributed by atoms with Crippen molar-refractivity contribution < 1.29 is 14.3 Å². The average molecular weight is 355 g/mol. The van der Waals surface area contributed by atoms with Gasteiger partial charge in [-0.25, -0.2) is 4.39 Å². The standard InChI is InChI=1S/C16H13Cl2FN2O2/c17-10-3-4-12(22)14(18)9(10)8-13(23)21-16(5-6-16)15-11(19)2-1-7-20-15/h1-4,7,22H,5-6,8H2,(H,21,23). The van der Waals surface area contributed by atoms with Crippen molar-refractivity contribution in [3.8, 4) is 5.75 Å². The number of halogens is 3. The lowest BCUT2D eigenvalue weighted by Crippen LogP contribution is -2.37. The van der Waals surface area contributed by atoms with Gasteiger partial charge < -0.3 is 10.4 Å². The smallest absolute Gasteiger partial charge is 0.225 e. The molecule has 0 atom stereocenters. The van der Waals surface area contributed by atoms with Crippen LogP contribution >= 0.6 is 23.2 Å². The second-order valence-corrected chi connectivity index (χ2v) is 6.29. The molecule has 0 radical (unpaired) electrons. The van der Waals surface area contributed by atoms with Gasteiger partial charge in [0.1, 0.15) is 17.3 Å². The van der Waals surface area contributed by atoms with E-state index in [1.807, 2.05) is 0 Å². The van der Waals surface area contributed by atoms with Crippen LogP contribution in [0.2, 0.25) is 10.0 Å². The maximum absolute atomic E-state index is 13.9. The number of aromatic nitrogens is 1. The van der Waals surface area contributed by atoms with Crippen LogP contribution in [0.3, 0.4) is 0 Å². The minimum atomic E-state index is -0.766. The van der Waals surface area contributed by atoms with E-state index in [-0.39, 0.29) is 33.8 Å². The highest BCUT2D eigenvalue weighted by molar-refractivity contribution is 6.37. The molecule has 2 aromatic rings. The number of pyridine rings is 1. The van der Waals surface area contributed by atoms with E-state index in [0.717, 1.165) is 0 Å². The largest absolute Gasteiger partial charge is 0.506 e. The fraction of sp³-hybridized carbons (Fsp3) is 0.250. The van der Waals surface area contributed by atoms with Gasteiger partial charge in [-0.1, -0.05) is 23.2 Å². The molecule has 120 valence electrons. The first-order valence-electron chi connectivity index (χ1n) is 7.01. The van der Waals surface area contributed by atoms with Crippen molar-refractivity contribution in [2.75, 3.05) is 0 Å². The molecular formula is C16H13Cl2FN2O2. The number of rotatable bonds is 4. The van der Waals surface area contributed by atoms with Gasteiger partial charge in [0.2, 0.25) is 5.91 Å². The summed E-state index contributed by atoms with van der Waals surface area (Å²) in [6.45, 7) is 0. The van der Waals surface area contributed by atoms with Crippen molar-refractivity contribution in [2.45, 2.75) is 24.8 Å². The zero-order valence-electron chi connectivity index (χ0n) is 11.9. The van der Waals surface area contributed by atoms with E-state index >= 15 is 0 Å². The molecule has 1 aromatic heterocycles. The summed E-state index contributed by atoms with van der Waals surface area (Å²) in [5.74, 6) is -0.948. The molecule has 3 rings (SSSR count). The number of carbonyl (C=O) groups excluding carboxylic acids is 1. The van der Waals surface area contributed by atoms with E-state index in [9.17, 15) is 14.3 Å². The summed E-state index contributed by atoms with van der Waals surface area (Å²) in [6.07, 6.45) is 2.62. The Labute approximate surface area is 142 Å². The molecule has 23 heavy (non-hydrogen) atoms. The monoisotopic (exact) mass is 354 g/mol. The average Bonchev–Trinajstić information content (AvgIpc) is 3.28. The Morgan fingerprint density at radius 1 is 1.35 bits per heavy atom. The first-order valence-corrected chi connectivity index (χ1v) is 7.76. The van der Waals surface area contributed by atoms with E-state index in [1.54, 1.807) is 0 Å². The second kappa shape index (κ2) is 5.98. The number of benzene rings is 1. The maximum atomic E-state index is 13.9. The third kappa shape index (κ3) is 3.12. The first-order chi connectivity index (χ1) is 10.9. The molecule has 1 fully saturated rings. The summed E-state index contributed by atoms with van der Waals surface area (Å²) in [6, 6.07) is 5.65. The highest BCUT2D eigenvalue weighted by atomic mass is 35.5. The molecule has 7 heteroatoms. The highest BCUT2D eigenvalue weighted by Crippen LogP contribution is 2.45. The summed E-state index contributed by atoms with van der Waals surface area (Å²) in [4.78, 5) is 16.3. The molecule has 0 bridgehead atoms. The molecule has 2 N–H and O–H groups in total. The molecule has 4 nitrogen and oxygen atoms in total. The molecular weight excluding hydrogens is 342 g/mol. The van der Waals surface area contributed by atoms with Crippen molar-refractivity contribution in [3.63, 3.8) is 0 Å². The van der Waals surface area contributed by atoms with Gasteiger partial charge in [-0.2, -0.15) is 0 Å². The van der Waals surface area contributed by atoms with Crippen LogP contribution in [0, 0.1) is 5.82 Å². The number of nitrogens with one attached hydrogen (secondary N) is 1. The molecule has 0 saturated heterocycles. The fourth-order valence-corrected chi connectivity index (χ4v) is 3.01. The Morgan fingerprint density at radius 3 is 2.74 bits per heavy atom. The van der Waals surface area contributed by atoms with Crippen molar-refractivity contribution in [3.05, 3.63) is 57.6 Å². The number of carbonyl (C=O) groups is 1. The molecule has 1 aromatic carbocycles. The number of hydrogen-bond donors (Lipinski definition) is 2. The summed E-state index contributed by atoms with van der Waals surface area (Å²) < 4.78 is 13.9. The minimum Gasteiger partial charge on any atom is -0.506 e. The second-order valence-electron chi connectivity index (χ2n) is 5.50. The summed E-state index contributed by atoms with van der Waals surface area (Å²) in [5.41, 5.74) is -0.192. The van der Waals surface area contributed by atoms with Gasteiger partial charge >= 0.3 is 0 Å². The maximum Gasteiger partial charge on any atom is 0.225 e. The van der Waals surface area contributed by atoms with E-state index in [1.165, 1.54) is 30.5 Å². The van der Waals surface area contributed by atoms with Crippen molar-refractivity contribution in [1.82, 2.24) is 10.3 Å². The quantitative estimate of drug-likeness (QED) is 0.881. The SMILES string of the molecule is O=C(Cc1c(Cl)ccc(O)c1Cl)NC1(c2ncccc2F)CC1. The van der Waals surface area contributed by atoms with E-state index < -0.39 is 11.4 Å². The Bertz CT molecular complexity index is 779. The Morgan fingerprint density at radius 2 is 2.09 bits per heavy atom. The van der Waals surface area contributed by atoms with Crippen LogP contribution in [0.5, 0.6) is 5.75 Å². The van der Waals surface area contributed by atoms with E-state index in [2.05, 4.69) is 10.3 Å².